The van der Waals surface area contributed by atoms with Crippen LogP contribution in [0.1, 0.15) is 46.0 Å². The molecule has 0 aromatic rings. The molecule has 0 aromatic carbocycles. The Morgan fingerprint density at radius 1 is 1.43 bits per heavy atom. The van der Waals surface area contributed by atoms with Gasteiger partial charge in [-0.15, -0.1) is 0 Å². The van der Waals surface area contributed by atoms with Gasteiger partial charge >= 0.3 is 0 Å². The summed E-state index contributed by atoms with van der Waals surface area (Å²) in [6, 6.07) is 0. The number of rotatable bonds is 8. The maximum atomic E-state index is 8.61. The molecule has 0 aliphatic heterocycles. The Kier molecular flexibility index (Phi) is 8.65. The van der Waals surface area contributed by atoms with Gasteiger partial charge < -0.3 is 5.11 Å². The van der Waals surface area contributed by atoms with Gasteiger partial charge in [0.25, 0.3) is 0 Å². The fourth-order valence-electron chi connectivity index (χ4n) is 1.47. The van der Waals surface area contributed by atoms with Crippen LogP contribution in [0.2, 0.25) is 0 Å². The first-order valence-corrected chi connectivity index (χ1v) is 5.63. The van der Waals surface area contributed by atoms with E-state index in [0.29, 0.717) is 5.92 Å². The second kappa shape index (κ2) is 9.01. The van der Waals surface area contributed by atoms with Crippen LogP contribution < -0.4 is 0 Å². The highest BCUT2D eigenvalue weighted by molar-refractivity contribution is 4.99. The molecule has 1 N–H and O–H groups in total. The molecule has 0 aliphatic rings. The molecule has 82 valence electrons. The van der Waals surface area contributed by atoms with E-state index in [4.69, 9.17) is 5.11 Å². The van der Waals surface area contributed by atoms with Gasteiger partial charge in [-0.3, -0.25) is 0 Å². The minimum absolute atomic E-state index is 0.253. The summed E-state index contributed by atoms with van der Waals surface area (Å²) in [6.07, 6.45) is 9.87. The van der Waals surface area contributed by atoms with Gasteiger partial charge in [-0.25, -0.2) is 0 Å². The number of hydrogen-bond donors (Lipinski definition) is 1. The van der Waals surface area contributed by atoms with Crippen molar-refractivity contribution >= 4 is 0 Å². The van der Waals surface area contributed by atoms with E-state index in [1.807, 2.05) is 0 Å². The summed E-state index contributed by atoms with van der Waals surface area (Å²) in [5.41, 5.74) is 1.28. The van der Waals surface area contributed by atoms with Crippen molar-refractivity contribution in [3.05, 3.63) is 24.3 Å². The molecule has 14 heavy (non-hydrogen) atoms. The van der Waals surface area contributed by atoms with Gasteiger partial charge in [0.15, 0.2) is 0 Å². The largest absolute Gasteiger partial charge is 0.396 e. The summed E-state index contributed by atoms with van der Waals surface area (Å²) < 4.78 is 0. The van der Waals surface area contributed by atoms with Crippen molar-refractivity contribution < 1.29 is 5.11 Å². The quantitative estimate of drug-likeness (QED) is 0.587. The highest BCUT2D eigenvalue weighted by Crippen LogP contribution is 2.20. The fraction of sp³-hybridized carbons (Fsp3) is 0.692. The summed E-state index contributed by atoms with van der Waals surface area (Å²) in [4.78, 5) is 0. The van der Waals surface area contributed by atoms with Crippen LogP contribution in [0.3, 0.4) is 0 Å². The molecule has 0 radical (unpaired) electrons. The van der Waals surface area contributed by atoms with Crippen LogP contribution in [0, 0.1) is 5.92 Å². The van der Waals surface area contributed by atoms with Crippen molar-refractivity contribution in [3.8, 4) is 0 Å². The number of aliphatic hydroxyl groups is 1. The molecule has 0 fully saturated rings. The minimum Gasteiger partial charge on any atom is -0.396 e. The van der Waals surface area contributed by atoms with E-state index in [1.165, 1.54) is 24.8 Å². The van der Waals surface area contributed by atoms with E-state index in [9.17, 15) is 0 Å². The van der Waals surface area contributed by atoms with E-state index in [2.05, 4.69) is 32.6 Å². The fourth-order valence-corrected chi connectivity index (χ4v) is 1.47. The molecule has 0 aliphatic carbocycles. The Hall–Kier alpha value is -0.560. The molecule has 0 aromatic heterocycles. The van der Waals surface area contributed by atoms with Gasteiger partial charge in [-0.2, -0.15) is 0 Å². The van der Waals surface area contributed by atoms with Crippen molar-refractivity contribution in [2.24, 2.45) is 5.92 Å². The van der Waals surface area contributed by atoms with Gasteiger partial charge in [0, 0.05) is 6.61 Å². The Labute approximate surface area is 88.5 Å². The van der Waals surface area contributed by atoms with E-state index in [-0.39, 0.29) is 6.61 Å². The van der Waals surface area contributed by atoms with E-state index in [0.717, 1.165) is 12.8 Å². The summed E-state index contributed by atoms with van der Waals surface area (Å²) in [6.45, 7) is 8.61. The van der Waals surface area contributed by atoms with Crippen LogP contribution in [0.4, 0.5) is 0 Å². The molecule has 1 nitrogen and oxygen atoms in total. The van der Waals surface area contributed by atoms with Gasteiger partial charge in [0.2, 0.25) is 0 Å². The number of aliphatic hydroxyl groups excluding tert-OH is 1. The zero-order chi connectivity index (χ0) is 10.8. The first-order valence-electron chi connectivity index (χ1n) is 5.63. The third-order valence-corrected chi connectivity index (χ3v) is 2.49. The SMILES string of the molecule is C=C(C)C(CC=CCCO)CCCC. The number of allylic oxidation sites excluding steroid dienone is 2. The van der Waals surface area contributed by atoms with Crippen molar-refractivity contribution in [2.75, 3.05) is 6.61 Å². The first kappa shape index (κ1) is 13.4. The normalized spacial score (nSPS) is 13.4. The summed E-state index contributed by atoms with van der Waals surface area (Å²) in [5, 5.41) is 8.61. The lowest BCUT2D eigenvalue weighted by atomic mass is 9.92. The third-order valence-electron chi connectivity index (χ3n) is 2.49. The first-order chi connectivity index (χ1) is 6.72. The smallest absolute Gasteiger partial charge is 0.0465 e. The Balaban J connectivity index is 3.78. The minimum atomic E-state index is 0.253. The Bertz CT molecular complexity index is 170. The molecule has 1 atom stereocenters. The van der Waals surface area contributed by atoms with Crippen LogP contribution >= 0.6 is 0 Å². The predicted octanol–water partition coefficient (Wildman–Crippen LogP) is 3.70. The van der Waals surface area contributed by atoms with E-state index < -0.39 is 0 Å². The molecular formula is C13H24O. The summed E-state index contributed by atoms with van der Waals surface area (Å²) in [5.74, 6) is 0.630. The zero-order valence-electron chi connectivity index (χ0n) is 9.63. The number of unbranched alkanes of at least 4 members (excludes halogenated alkanes) is 1. The van der Waals surface area contributed by atoms with Gasteiger partial charge in [0.05, 0.1) is 0 Å². The van der Waals surface area contributed by atoms with Crippen molar-refractivity contribution in [3.63, 3.8) is 0 Å². The monoisotopic (exact) mass is 196 g/mol. The summed E-state index contributed by atoms with van der Waals surface area (Å²) in [7, 11) is 0. The molecule has 1 unspecified atom stereocenters. The molecule has 0 spiro atoms. The van der Waals surface area contributed by atoms with Crippen LogP contribution in [0.25, 0.3) is 0 Å². The Morgan fingerprint density at radius 2 is 2.14 bits per heavy atom. The van der Waals surface area contributed by atoms with Gasteiger partial charge in [-0.05, 0) is 32.1 Å². The Morgan fingerprint density at radius 3 is 2.64 bits per heavy atom. The van der Waals surface area contributed by atoms with Crippen LogP contribution in [-0.2, 0) is 0 Å². The van der Waals surface area contributed by atoms with E-state index in [1.54, 1.807) is 0 Å². The standard InChI is InChI=1S/C13H24O/c1-4-5-9-13(12(2)3)10-7-6-8-11-14/h6-7,13-14H,2,4-5,8-11H2,1,3H3. The van der Waals surface area contributed by atoms with Gasteiger partial charge in [0.1, 0.15) is 0 Å². The summed E-state index contributed by atoms with van der Waals surface area (Å²) >= 11 is 0. The molecule has 0 amide bonds. The average molecular weight is 196 g/mol. The van der Waals surface area contributed by atoms with Crippen LogP contribution in [0.15, 0.2) is 24.3 Å². The lowest BCUT2D eigenvalue weighted by Crippen LogP contribution is -1.99. The molecule has 1 heteroatoms. The van der Waals surface area contributed by atoms with Crippen LogP contribution in [-0.4, -0.2) is 11.7 Å². The molecular weight excluding hydrogens is 172 g/mol. The zero-order valence-corrected chi connectivity index (χ0v) is 9.63. The molecule has 0 saturated carbocycles. The molecule has 0 bridgehead atoms. The average Bonchev–Trinajstić information content (AvgIpc) is 2.16. The highest BCUT2D eigenvalue weighted by atomic mass is 16.2. The maximum absolute atomic E-state index is 8.61. The lowest BCUT2D eigenvalue weighted by Gasteiger charge is -2.14. The molecule has 0 heterocycles. The maximum Gasteiger partial charge on any atom is 0.0465 e. The van der Waals surface area contributed by atoms with Crippen molar-refractivity contribution in [1.29, 1.82) is 0 Å². The predicted molar refractivity (Wildman–Crippen MR) is 63.3 cm³/mol. The van der Waals surface area contributed by atoms with Crippen molar-refractivity contribution in [1.82, 2.24) is 0 Å². The van der Waals surface area contributed by atoms with Crippen molar-refractivity contribution in [2.45, 2.75) is 46.0 Å². The second-order valence-corrected chi connectivity index (χ2v) is 3.90. The third kappa shape index (κ3) is 6.90. The van der Waals surface area contributed by atoms with Crippen LogP contribution in [0.5, 0.6) is 0 Å². The molecule has 0 saturated heterocycles. The lowest BCUT2D eigenvalue weighted by molar-refractivity contribution is 0.302. The van der Waals surface area contributed by atoms with E-state index >= 15 is 0 Å². The van der Waals surface area contributed by atoms with Gasteiger partial charge in [-0.1, -0.05) is 44.1 Å². The highest BCUT2D eigenvalue weighted by Gasteiger charge is 2.06. The topological polar surface area (TPSA) is 20.2 Å². The molecule has 0 rings (SSSR count). The second-order valence-electron chi connectivity index (χ2n) is 3.90. The number of hydrogen-bond acceptors (Lipinski definition) is 1.